The summed E-state index contributed by atoms with van der Waals surface area (Å²) < 4.78 is 0.759. The molecule has 0 saturated carbocycles. The topological polar surface area (TPSA) is 26.0 Å². The summed E-state index contributed by atoms with van der Waals surface area (Å²) in [5.41, 5.74) is 5.94. The van der Waals surface area contributed by atoms with Crippen LogP contribution in [0.4, 0.5) is 0 Å². The Morgan fingerprint density at radius 3 is 2.25 bits per heavy atom. The summed E-state index contributed by atoms with van der Waals surface area (Å²) in [6, 6.07) is 0. The van der Waals surface area contributed by atoms with Crippen molar-refractivity contribution in [1.82, 2.24) is 0 Å². The maximum absolute atomic E-state index is 5.33. The first-order valence-corrected chi connectivity index (χ1v) is 2.90. The molecule has 0 aliphatic heterocycles. The average Bonchev–Trinajstić information content (AvgIpc) is 1.65. The highest BCUT2D eigenvalue weighted by Gasteiger charge is 1.79. The van der Waals surface area contributed by atoms with Crippen LogP contribution >= 0.6 is 15.9 Å². The molecule has 0 aromatic rings. The van der Waals surface area contributed by atoms with E-state index in [0.717, 1.165) is 4.48 Å². The largest absolute Gasteiger partial charge is 0.399 e. The fraction of sp³-hybridized carbons (Fsp3) is 0. The Morgan fingerprint density at radius 2 is 2.12 bits per heavy atom. The lowest BCUT2D eigenvalue weighted by molar-refractivity contribution is 1.43. The minimum absolute atomic E-state index is 0.617. The molecule has 0 fully saturated rings. The van der Waals surface area contributed by atoms with E-state index in [1.807, 2.05) is 0 Å². The van der Waals surface area contributed by atoms with Crippen LogP contribution in [0.15, 0.2) is 35.5 Å². The molecule has 0 rings (SSSR count). The third-order valence-electron chi connectivity index (χ3n) is 0.559. The van der Waals surface area contributed by atoms with Gasteiger partial charge in [0, 0.05) is 10.2 Å². The smallest absolute Gasteiger partial charge is 0.0319 e. The second kappa shape index (κ2) is 3.50. The van der Waals surface area contributed by atoms with Crippen molar-refractivity contribution in [2.75, 3.05) is 0 Å². The second-order valence-electron chi connectivity index (χ2n) is 1.30. The summed E-state index contributed by atoms with van der Waals surface area (Å²) in [4.78, 5) is 0. The van der Waals surface area contributed by atoms with Gasteiger partial charge in [0.15, 0.2) is 0 Å². The van der Waals surface area contributed by atoms with Crippen LogP contribution < -0.4 is 5.73 Å². The predicted octanol–water partition coefficient (Wildman–Crippen LogP) is 1.92. The fourth-order valence-electron chi connectivity index (χ4n) is 0.240. The van der Waals surface area contributed by atoms with Crippen LogP contribution in [0.3, 0.4) is 0 Å². The third-order valence-corrected chi connectivity index (χ3v) is 0.788. The Morgan fingerprint density at radius 1 is 1.62 bits per heavy atom. The number of allylic oxidation sites excluding steroid dienone is 3. The Kier molecular flexibility index (Phi) is 3.28. The highest BCUT2D eigenvalue weighted by atomic mass is 79.9. The van der Waals surface area contributed by atoms with Crippen molar-refractivity contribution in [3.05, 3.63) is 35.5 Å². The molecule has 0 unspecified atom stereocenters. The van der Waals surface area contributed by atoms with Crippen molar-refractivity contribution in [2.24, 2.45) is 5.73 Å². The lowest BCUT2D eigenvalue weighted by atomic mass is 10.4. The maximum Gasteiger partial charge on any atom is 0.0319 e. The summed E-state index contributed by atoms with van der Waals surface area (Å²) in [6.45, 7) is 7.01. The maximum atomic E-state index is 5.33. The van der Waals surface area contributed by atoms with Gasteiger partial charge in [-0.2, -0.15) is 0 Å². The fourth-order valence-corrected chi connectivity index (χ4v) is 0.504. The van der Waals surface area contributed by atoms with Crippen LogP contribution in [0.1, 0.15) is 0 Å². The molecule has 8 heavy (non-hydrogen) atoms. The molecule has 1 nitrogen and oxygen atoms in total. The highest BCUT2D eigenvalue weighted by molar-refractivity contribution is 9.11. The van der Waals surface area contributed by atoms with Crippen LogP contribution in [0.25, 0.3) is 0 Å². The van der Waals surface area contributed by atoms with Crippen molar-refractivity contribution < 1.29 is 0 Å². The molecule has 0 aromatic heterocycles. The van der Waals surface area contributed by atoms with Gasteiger partial charge in [0.25, 0.3) is 0 Å². The number of halogens is 1. The molecule has 0 aromatic carbocycles. The lowest BCUT2D eigenvalue weighted by Gasteiger charge is -1.86. The van der Waals surface area contributed by atoms with E-state index in [9.17, 15) is 0 Å². The van der Waals surface area contributed by atoms with E-state index in [1.54, 1.807) is 12.2 Å². The van der Waals surface area contributed by atoms with E-state index in [4.69, 9.17) is 5.73 Å². The van der Waals surface area contributed by atoms with Gasteiger partial charge in [-0.05, 0) is 12.2 Å². The quantitative estimate of drug-likeness (QED) is 0.636. The SMILES string of the molecule is C=C/C(N)=C\C(=C)Br. The molecule has 0 radical (unpaired) electrons. The minimum Gasteiger partial charge on any atom is -0.399 e. The van der Waals surface area contributed by atoms with Gasteiger partial charge in [0.2, 0.25) is 0 Å². The summed E-state index contributed by atoms with van der Waals surface area (Å²) in [6.07, 6.45) is 3.25. The molecule has 0 heterocycles. The average molecular weight is 174 g/mol. The van der Waals surface area contributed by atoms with Gasteiger partial charge >= 0.3 is 0 Å². The summed E-state index contributed by atoms with van der Waals surface area (Å²) in [7, 11) is 0. The molecular weight excluding hydrogens is 166 g/mol. The molecule has 2 heteroatoms. The normalized spacial score (nSPS) is 10.9. The van der Waals surface area contributed by atoms with Gasteiger partial charge in [0.1, 0.15) is 0 Å². The molecule has 0 spiro atoms. The Labute approximate surface area is 57.7 Å². The van der Waals surface area contributed by atoms with Gasteiger partial charge in [-0.15, -0.1) is 0 Å². The van der Waals surface area contributed by atoms with Gasteiger partial charge in [-0.1, -0.05) is 29.1 Å². The Bertz CT molecular complexity index is 135. The zero-order valence-corrected chi connectivity index (χ0v) is 6.11. The first-order valence-electron chi connectivity index (χ1n) is 2.11. The number of hydrogen-bond donors (Lipinski definition) is 1. The number of rotatable bonds is 2. The molecule has 0 saturated heterocycles. The standard InChI is InChI=1S/C6H8BrN/c1-3-6(8)4-5(2)7/h3-4H,1-2,8H2/b6-4+. The van der Waals surface area contributed by atoms with Crippen LogP contribution in [0.2, 0.25) is 0 Å². The van der Waals surface area contributed by atoms with Crippen molar-refractivity contribution in [2.45, 2.75) is 0 Å². The zero-order valence-electron chi connectivity index (χ0n) is 4.52. The van der Waals surface area contributed by atoms with Gasteiger partial charge in [-0.25, -0.2) is 0 Å². The van der Waals surface area contributed by atoms with Crippen LogP contribution in [-0.4, -0.2) is 0 Å². The van der Waals surface area contributed by atoms with Gasteiger partial charge < -0.3 is 5.73 Å². The van der Waals surface area contributed by atoms with E-state index >= 15 is 0 Å². The van der Waals surface area contributed by atoms with Crippen molar-refractivity contribution in [3.63, 3.8) is 0 Å². The first kappa shape index (κ1) is 7.50. The monoisotopic (exact) mass is 173 g/mol. The number of nitrogens with two attached hydrogens (primary N) is 1. The van der Waals surface area contributed by atoms with Crippen molar-refractivity contribution in [1.29, 1.82) is 0 Å². The summed E-state index contributed by atoms with van der Waals surface area (Å²) >= 11 is 3.12. The molecule has 0 aliphatic rings. The predicted molar refractivity (Wildman–Crippen MR) is 40.5 cm³/mol. The molecule has 2 N–H and O–H groups in total. The molecule has 0 atom stereocenters. The second-order valence-corrected chi connectivity index (χ2v) is 2.31. The molecule has 0 aliphatic carbocycles. The minimum atomic E-state index is 0.617. The van der Waals surface area contributed by atoms with E-state index in [2.05, 4.69) is 29.1 Å². The first-order chi connectivity index (χ1) is 3.66. The van der Waals surface area contributed by atoms with E-state index in [-0.39, 0.29) is 0 Å². The van der Waals surface area contributed by atoms with E-state index in [0.29, 0.717) is 5.70 Å². The summed E-state index contributed by atoms with van der Waals surface area (Å²) in [5.74, 6) is 0. The van der Waals surface area contributed by atoms with Crippen molar-refractivity contribution >= 4 is 15.9 Å². The Hall–Kier alpha value is -0.500. The van der Waals surface area contributed by atoms with Crippen LogP contribution in [0.5, 0.6) is 0 Å². The Balaban J connectivity index is 3.94. The van der Waals surface area contributed by atoms with Gasteiger partial charge in [-0.3, -0.25) is 0 Å². The third kappa shape index (κ3) is 3.68. The van der Waals surface area contributed by atoms with Crippen molar-refractivity contribution in [3.8, 4) is 0 Å². The molecule has 0 amide bonds. The lowest BCUT2D eigenvalue weighted by Crippen LogP contribution is -1.90. The zero-order chi connectivity index (χ0) is 6.57. The highest BCUT2D eigenvalue weighted by Crippen LogP contribution is 2.03. The molecule has 0 bridgehead atoms. The molecule has 44 valence electrons. The van der Waals surface area contributed by atoms with E-state index in [1.165, 1.54) is 0 Å². The summed E-state index contributed by atoms with van der Waals surface area (Å²) in [5, 5.41) is 0. The van der Waals surface area contributed by atoms with Crippen LogP contribution in [0, 0.1) is 0 Å². The van der Waals surface area contributed by atoms with E-state index < -0.39 is 0 Å². The molecular formula is C6H8BrN. The number of hydrogen-bond acceptors (Lipinski definition) is 1. The van der Waals surface area contributed by atoms with Gasteiger partial charge in [0.05, 0.1) is 0 Å². The van der Waals surface area contributed by atoms with Crippen LogP contribution in [-0.2, 0) is 0 Å².